The summed E-state index contributed by atoms with van der Waals surface area (Å²) in [5.74, 6) is 0.653. The predicted molar refractivity (Wildman–Crippen MR) is 68.6 cm³/mol. The minimum absolute atomic E-state index is 0.202. The number of likely N-dealkylation sites (tertiary alicyclic amines) is 1. The fourth-order valence-electron chi connectivity index (χ4n) is 2.47. The maximum Gasteiger partial charge on any atom is 0.220 e. The highest BCUT2D eigenvalue weighted by Gasteiger charge is 2.34. The Bertz CT molecular complexity index is 265. The van der Waals surface area contributed by atoms with Gasteiger partial charge in [-0.3, -0.25) is 9.69 Å². The van der Waals surface area contributed by atoms with Gasteiger partial charge in [0, 0.05) is 31.6 Å². The molecule has 0 bridgehead atoms. The monoisotopic (exact) mass is 239 g/mol. The van der Waals surface area contributed by atoms with Crippen molar-refractivity contribution < 1.29 is 4.79 Å². The number of nitrogens with one attached hydrogen (secondary N) is 1. The minimum atomic E-state index is 0.202. The van der Waals surface area contributed by atoms with Crippen LogP contribution in [0.25, 0.3) is 0 Å². The third-order valence-electron chi connectivity index (χ3n) is 3.91. The number of carbonyl (C=O) groups is 1. The second-order valence-electron chi connectivity index (χ2n) is 5.66. The molecule has 1 aliphatic carbocycles. The van der Waals surface area contributed by atoms with Gasteiger partial charge < -0.3 is 11.1 Å². The Morgan fingerprint density at radius 2 is 2.24 bits per heavy atom. The van der Waals surface area contributed by atoms with Gasteiger partial charge in [0.05, 0.1) is 0 Å². The number of carbonyl (C=O) groups excluding carboxylic acids is 1. The van der Waals surface area contributed by atoms with E-state index in [1.165, 1.54) is 12.8 Å². The van der Waals surface area contributed by atoms with Gasteiger partial charge >= 0.3 is 0 Å². The van der Waals surface area contributed by atoms with Gasteiger partial charge in [0.2, 0.25) is 5.91 Å². The summed E-state index contributed by atoms with van der Waals surface area (Å²) >= 11 is 0. The maximum atomic E-state index is 11.7. The van der Waals surface area contributed by atoms with Crippen LogP contribution in [0.15, 0.2) is 0 Å². The van der Waals surface area contributed by atoms with Crippen molar-refractivity contribution in [3.63, 3.8) is 0 Å². The third-order valence-corrected chi connectivity index (χ3v) is 3.91. The van der Waals surface area contributed by atoms with E-state index in [0.29, 0.717) is 24.9 Å². The van der Waals surface area contributed by atoms with Gasteiger partial charge in [0.15, 0.2) is 0 Å². The first-order valence-electron chi connectivity index (χ1n) is 6.92. The van der Waals surface area contributed by atoms with Crippen molar-refractivity contribution >= 4 is 5.91 Å². The van der Waals surface area contributed by atoms with E-state index in [1.807, 2.05) is 0 Å². The van der Waals surface area contributed by atoms with E-state index in [-0.39, 0.29) is 5.91 Å². The molecule has 4 heteroatoms. The van der Waals surface area contributed by atoms with Crippen LogP contribution in [0, 0.1) is 5.92 Å². The van der Waals surface area contributed by atoms with Gasteiger partial charge in [-0.1, -0.05) is 6.92 Å². The van der Waals surface area contributed by atoms with Crippen LogP contribution in [0.4, 0.5) is 0 Å². The molecule has 0 aromatic heterocycles. The maximum absolute atomic E-state index is 11.7. The average Bonchev–Trinajstić information content (AvgIpc) is 3.08. The van der Waals surface area contributed by atoms with Crippen molar-refractivity contribution in [1.82, 2.24) is 10.2 Å². The Morgan fingerprint density at radius 1 is 1.47 bits per heavy atom. The highest BCUT2D eigenvalue weighted by molar-refractivity contribution is 5.76. The number of rotatable bonds is 6. The second kappa shape index (κ2) is 5.83. The van der Waals surface area contributed by atoms with Crippen LogP contribution in [0.3, 0.4) is 0 Å². The normalized spacial score (nSPS) is 27.1. The summed E-state index contributed by atoms with van der Waals surface area (Å²) < 4.78 is 0. The molecule has 2 fully saturated rings. The minimum Gasteiger partial charge on any atom is -0.352 e. The van der Waals surface area contributed by atoms with Gasteiger partial charge in [0.25, 0.3) is 0 Å². The standard InChI is InChI=1S/C13H25N3O/c1-10(8-14)2-5-13(17)15-11-6-7-16(9-11)12-3-4-12/h10-12H,2-9,14H2,1H3,(H,15,17). The van der Waals surface area contributed by atoms with Crippen molar-refractivity contribution in [2.75, 3.05) is 19.6 Å². The number of amides is 1. The zero-order valence-electron chi connectivity index (χ0n) is 10.8. The zero-order valence-corrected chi connectivity index (χ0v) is 10.8. The topological polar surface area (TPSA) is 58.4 Å². The van der Waals surface area contributed by atoms with E-state index in [4.69, 9.17) is 5.73 Å². The van der Waals surface area contributed by atoms with Crippen molar-refractivity contribution in [3.8, 4) is 0 Å². The molecule has 1 heterocycles. The molecule has 1 aliphatic heterocycles. The largest absolute Gasteiger partial charge is 0.352 e. The lowest BCUT2D eigenvalue weighted by molar-refractivity contribution is -0.122. The fraction of sp³-hybridized carbons (Fsp3) is 0.923. The van der Waals surface area contributed by atoms with E-state index in [2.05, 4.69) is 17.1 Å². The third kappa shape index (κ3) is 3.96. The van der Waals surface area contributed by atoms with Gasteiger partial charge in [-0.15, -0.1) is 0 Å². The number of nitrogens with two attached hydrogens (primary N) is 1. The highest BCUT2D eigenvalue weighted by atomic mass is 16.1. The lowest BCUT2D eigenvalue weighted by Crippen LogP contribution is -2.37. The fourth-order valence-corrected chi connectivity index (χ4v) is 2.47. The molecule has 98 valence electrons. The Balaban J connectivity index is 1.62. The summed E-state index contributed by atoms with van der Waals surface area (Å²) in [6, 6.07) is 1.21. The first kappa shape index (κ1) is 12.8. The van der Waals surface area contributed by atoms with Crippen molar-refractivity contribution in [2.24, 2.45) is 11.7 Å². The van der Waals surface area contributed by atoms with Crippen LogP contribution in [0.5, 0.6) is 0 Å². The van der Waals surface area contributed by atoms with Crippen molar-refractivity contribution in [1.29, 1.82) is 0 Å². The molecule has 2 unspecified atom stereocenters. The van der Waals surface area contributed by atoms with Crippen molar-refractivity contribution in [3.05, 3.63) is 0 Å². The molecule has 17 heavy (non-hydrogen) atoms. The molecule has 1 saturated carbocycles. The van der Waals surface area contributed by atoms with E-state index < -0.39 is 0 Å². The van der Waals surface area contributed by atoms with Gasteiger partial charge in [-0.05, 0) is 38.1 Å². The number of hydrogen-bond donors (Lipinski definition) is 2. The second-order valence-corrected chi connectivity index (χ2v) is 5.66. The molecular formula is C13H25N3O. The van der Waals surface area contributed by atoms with E-state index in [0.717, 1.165) is 32.0 Å². The lowest BCUT2D eigenvalue weighted by Gasteiger charge is -2.16. The summed E-state index contributed by atoms with van der Waals surface area (Å²) in [7, 11) is 0. The van der Waals surface area contributed by atoms with E-state index >= 15 is 0 Å². The van der Waals surface area contributed by atoms with Crippen LogP contribution in [0.2, 0.25) is 0 Å². The van der Waals surface area contributed by atoms with E-state index in [1.54, 1.807) is 0 Å². The molecule has 1 amide bonds. The first-order chi connectivity index (χ1) is 8.19. The first-order valence-corrected chi connectivity index (χ1v) is 6.92. The van der Waals surface area contributed by atoms with Gasteiger partial charge in [0.1, 0.15) is 0 Å². The van der Waals surface area contributed by atoms with Crippen LogP contribution >= 0.6 is 0 Å². The Kier molecular flexibility index (Phi) is 4.40. The van der Waals surface area contributed by atoms with Gasteiger partial charge in [-0.25, -0.2) is 0 Å². The average molecular weight is 239 g/mol. The smallest absolute Gasteiger partial charge is 0.220 e. The summed E-state index contributed by atoms with van der Waals surface area (Å²) in [5.41, 5.74) is 5.54. The molecule has 2 aliphatic rings. The molecule has 0 spiro atoms. The van der Waals surface area contributed by atoms with Crippen LogP contribution < -0.4 is 11.1 Å². The molecule has 0 aromatic rings. The van der Waals surface area contributed by atoms with Crippen LogP contribution in [-0.4, -0.2) is 42.5 Å². The molecule has 4 nitrogen and oxygen atoms in total. The predicted octanol–water partition coefficient (Wildman–Crippen LogP) is 0.714. The summed E-state index contributed by atoms with van der Waals surface area (Å²) in [5, 5.41) is 3.15. The quantitative estimate of drug-likeness (QED) is 0.718. The Hall–Kier alpha value is -0.610. The summed E-state index contributed by atoms with van der Waals surface area (Å²) in [4.78, 5) is 14.3. The number of hydrogen-bond acceptors (Lipinski definition) is 3. The molecular weight excluding hydrogens is 214 g/mol. The van der Waals surface area contributed by atoms with Gasteiger partial charge in [-0.2, -0.15) is 0 Å². The molecule has 0 radical (unpaired) electrons. The van der Waals surface area contributed by atoms with Crippen LogP contribution in [0.1, 0.15) is 39.0 Å². The summed E-state index contributed by atoms with van der Waals surface area (Å²) in [6.45, 7) is 4.99. The Morgan fingerprint density at radius 3 is 2.88 bits per heavy atom. The molecule has 1 saturated heterocycles. The van der Waals surface area contributed by atoms with E-state index in [9.17, 15) is 4.79 Å². The molecule has 2 atom stereocenters. The lowest BCUT2D eigenvalue weighted by atomic mass is 10.1. The Labute approximate surface area is 104 Å². The molecule has 2 rings (SSSR count). The SMILES string of the molecule is CC(CN)CCC(=O)NC1CCN(C2CC2)C1. The van der Waals surface area contributed by atoms with Crippen LogP contribution in [-0.2, 0) is 4.79 Å². The zero-order chi connectivity index (χ0) is 12.3. The molecule has 0 aromatic carbocycles. The summed E-state index contributed by atoms with van der Waals surface area (Å²) in [6.07, 6.45) is 5.36. The highest BCUT2D eigenvalue weighted by Crippen LogP contribution is 2.29. The molecule has 3 N–H and O–H groups in total. The number of nitrogens with zero attached hydrogens (tertiary/aromatic N) is 1. The van der Waals surface area contributed by atoms with Crippen molar-refractivity contribution in [2.45, 2.75) is 51.1 Å².